The molecule has 7 heteroatoms. The average Bonchev–Trinajstić information content (AvgIpc) is 2.91. The molecule has 1 N–H and O–H groups in total. The van der Waals surface area contributed by atoms with Gasteiger partial charge in [0.2, 0.25) is 0 Å². The first-order valence-corrected chi connectivity index (χ1v) is 7.21. The highest BCUT2D eigenvalue weighted by atomic mass is 16.5. The summed E-state index contributed by atoms with van der Waals surface area (Å²) in [7, 11) is 1.74. The van der Waals surface area contributed by atoms with Crippen molar-refractivity contribution in [2.24, 2.45) is 0 Å². The first-order valence-electron chi connectivity index (χ1n) is 7.21. The molecule has 23 heavy (non-hydrogen) atoms. The van der Waals surface area contributed by atoms with Gasteiger partial charge in [0.25, 0.3) is 5.56 Å². The lowest BCUT2D eigenvalue weighted by Crippen LogP contribution is -2.23. The molecule has 0 aliphatic rings. The first kappa shape index (κ1) is 15.0. The van der Waals surface area contributed by atoms with Crippen molar-refractivity contribution in [3.63, 3.8) is 0 Å². The molecule has 0 fully saturated rings. The van der Waals surface area contributed by atoms with Crippen molar-refractivity contribution < 1.29 is 4.52 Å². The third kappa shape index (κ3) is 2.98. The normalized spacial score (nSPS) is 10.7. The monoisotopic (exact) mass is 311 g/mol. The second-order valence-corrected chi connectivity index (χ2v) is 5.24. The highest BCUT2D eigenvalue weighted by Gasteiger charge is 2.16. The van der Waals surface area contributed by atoms with Crippen molar-refractivity contribution in [1.29, 1.82) is 0 Å². The van der Waals surface area contributed by atoms with Gasteiger partial charge in [0, 0.05) is 36.1 Å². The summed E-state index contributed by atoms with van der Waals surface area (Å²) in [4.78, 5) is 16.4. The van der Waals surface area contributed by atoms with Gasteiger partial charge in [-0.05, 0) is 26.0 Å². The van der Waals surface area contributed by atoms with E-state index in [1.807, 2.05) is 26.0 Å². The van der Waals surface area contributed by atoms with E-state index in [1.165, 1.54) is 10.7 Å². The van der Waals surface area contributed by atoms with E-state index in [1.54, 1.807) is 19.4 Å². The summed E-state index contributed by atoms with van der Waals surface area (Å²) >= 11 is 0. The van der Waals surface area contributed by atoms with Gasteiger partial charge in [-0.2, -0.15) is 5.10 Å². The van der Waals surface area contributed by atoms with Gasteiger partial charge in [-0.25, -0.2) is 4.68 Å². The standard InChI is InChI=1S/C16H17N5O2/c1-10-4-5-12(7-18-10)16-14(11(2)23-20-16)9-21-15(22)6-13(17-3)8-19-21/h4-8,17H,9H2,1-3H3. The molecule has 0 aromatic carbocycles. The average molecular weight is 311 g/mol. The predicted octanol–water partition coefficient (Wildman–Crippen LogP) is 2.00. The van der Waals surface area contributed by atoms with Crippen LogP contribution in [0.3, 0.4) is 0 Å². The topological polar surface area (TPSA) is 85.8 Å². The molecule has 3 rings (SSSR count). The molecule has 3 aromatic rings. The Morgan fingerprint density at radius 1 is 1.26 bits per heavy atom. The number of hydrogen-bond acceptors (Lipinski definition) is 6. The molecular formula is C16H17N5O2. The molecule has 0 atom stereocenters. The minimum atomic E-state index is -0.189. The first-order chi connectivity index (χ1) is 11.1. The minimum Gasteiger partial charge on any atom is -0.387 e. The predicted molar refractivity (Wildman–Crippen MR) is 86.4 cm³/mol. The summed E-state index contributed by atoms with van der Waals surface area (Å²) in [5.74, 6) is 0.659. The Hall–Kier alpha value is -2.96. The maximum Gasteiger partial charge on any atom is 0.269 e. The Kier molecular flexibility index (Phi) is 3.92. The van der Waals surface area contributed by atoms with E-state index in [0.717, 1.165) is 16.8 Å². The summed E-state index contributed by atoms with van der Waals surface area (Å²) in [6, 6.07) is 5.35. The Morgan fingerprint density at radius 3 is 2.74 bits per heavy atom. The van der Waals surface area contributed by atoms with Crippen LogP contribution in [0.5, 0.6) is 0 Å². The van der Waals surface area contributed by atoms with E-state index in [9.17, 15) is 4.79 Å². The van der Waals surface area contributed by atoms with Gasteiger partial charge in [0.05, 0.1) is 18.4 Å². The molecule has 7 nitrogen and oxygen atoms in total. The number of pyridine rings is 1. The minimum absolute atomic E-state index is 0.189. The number of aryl methyl sites for hydroxylation is 2. The number of aromatic nitrogens is 4. The second kappa shape index (κ2) is 6.04. The fourth-order valence-corrected chi connectivity index (χ4v) is 2.25. The molecule has 0 bridgehead atoms. The molecular weight excluding hydrogens is 294 g/mol. The Balaban J connectivity index is 1.99. The van der Waals surface area contributed by atoms with Gasteiger partial charge in [-0.3, -0.25) is 9.78 Å². The molecule has 0 aliphatic carbocycles. The summed E-state index contributed by atoms with van der Waals surface area (Å²) in [5, 5.41) is 11.2. The molecule has 0 amide bonds. The Morgan fingerprint density at radius 2 is 2.09 bits per heavy atom. The fraction of sp³-hybridized carbons (Fsp3) is 0.250. The highest BCUT2D eigenvalue weighted by Crippen LogP contribution is 2.25. The van der Waals surface area contributed by atoms with Gasteiger partial charge >= 0.3 is 0 Å². The molecule has 0 spiro atoms. The summed E-state index contributed by atoms with van der Waals surface area (Å²) < 4.78 is 6.68. The van der Waals surface area contributed by atoms with Crippen LogP contribution in [0, 0.1) is 13.8 Å². The lowest BCUT2D eigenvalue weighted by atomic mass is 10.1. The number of anilines is 1. The SMILES string of the molecule is CNc1cnn(Cc2c(-c3ccc(C)nc3)noc2C)c(=O)c1. The zero-order chi connectivity index (χ0) is 16.4. The zero-order valence-corrected chi connectivity index (χ0v) is 13.2. The van der Waals surface area contributed by atoms with E-state index in [-0.39, 0.29) is 5.56 Å². The highest BCUT2D eigenvalue weighted by molar-refractivity contribution is 5.62. The summed E-state index contributed by atoms with van der Waals surface area (Å²) in [5.41, 5.74) is 3.77. The van der Waals surface area contributed by atoms with Gasteiger partial charge in [-0.1, -0.05) is 5.16 Å². The smallest absolute Gasteiger partial charge is 0.269 e. The van der Waals surface area contributed by atoms with Crippen LogP contribution >= 0.6 is 0 Å². The van der Waals surface area contributed by atoms with E-state index in [0.29, 0.717) is 23.7 Å². The Bertz CT molecular complexity index is 880. The zero-order valence-electron chi connectivity index (χ0n) is 13.2. The Labute approximate surface area is 133 Å². The molecule has 0 saturated carbocycles. The largest absolute Gasteiger partial charge is 0.387 e. The van der Waals surface area contributed by atoms with Crippen LogP contribution in [0.4, 0.5) is 5.69 Å². The lowest BCUT2D eigenvalue weighted by molar-refractivity contribution is 0.397. The van der Waals surface area contributed by atoms with E-state index < -0.39 is 0 Å². The van der Waals surface area contributed by atoms with Crippen LogP contribution < -0.4 is 10.9 Å². The molecule has 3 heterocycles. The maximum absolute atomic E-state index is 12.1. The van der Waals surface area contributed by atoms with Crippen molar-refractivity contribution in [2.45, 2.75) is 20.4 Å². The van der Waals surface area contributed by atoms with Crippen molar-refractivity contribution in [3.05, 3.63) is 58.0 Å². The number of hydrogen-bond donors (Lipinski definition) is 1. The summed E-state index contributed by atoms with van der Waals surface area (Å²) in [6.45, 7) is 4.04. The molecule has 0 aliphatic heterocycles. The molecule has 0 unspecified atom stereocenters. The van der Waals surface area contributed by atoms with E-state index in [2.05, 4.69) is 20.6 Å². The molecule has 3 aromatic heterocycles. The van der Waals surface area contributed by atoms with E-state index >= 15 is 0 Å². The quantitative estimate of drug-likeness (QED) is 0.793. The molecule has 0 saturated heterocycles. The van der Waals surface area contributed by atoms with Crippen LogP contribution in [-0.2, 0) is 6.54 Å². The number of nitrogens with zero attached hydrogens (tertiary/aromatic N) is 4. The van der Waals surface area contributed by atoms with Crippen molar-refractivity contribution >= 4 is 5.69 Å². The third-order valence-corrected chi connectivity index (χ3v) is 3.64. The van der Waals surface area contributed by atoms with Gasteiger partial charge in [0.1, 0.15) is 11.5 Å². The second-order valence-electron chi connectivity index (χ2n) is 5.24. The van der Waals surface area contributed by atoms with Crippen molar-refractivity contribution in [1.82, 2.24) is 19.9 Å². The van der Waals surface area contributed by atoms with Crippen molar-refractivity contribution in [2.75, 3.05) is 12.4 Å². The number of rotatable bonds is 4. The fourth-order valence-electron chi connectivity index (χ4n) is 2.25. The molecule has 0 radical (unpaired) electrons. The van der Waals surface area contributed by atoms with Gasteiger partial charge < -0.3 is 9.84 Å². The summed E-state index contributed by atoms with van der Waals surface area (Å²) in [6.07, 6.45) is 3.35. The van der Waals surface area contributed by atoms with Gasteiger partial charge in [0.15, 0.2) is 0 Å². The van der Waals surface area contributed by atoms with Crippen molar-refractivity contribution in [3.8, 4) is 11.3 Å². The van der Waals surface area contributed by atoms with E-state index in [4.69, 9.17) is 4.52 Å². The maximum atomic E-state index is 12.1. The van der Waals surface area contributed by atoms with Crippen LogP contribution in [-0.4, -0.2) is 27.0 Å². The third-order valence-electron chi connectivity index (χ3n) is 3.64. The van der Waals surface area contributed by atoms with Crippen LogP contribution in [0.2, 0.25) is 0 Å². The number of nitrogens with one attached hydrogen (secondary N) is 1. The van der Waals surface area contributed by atoms with Gasteiger partial charge in [-0.15, -0.1) is 0 Å². The van der Waals surface area contributed by atoms with Crippen LogP contribution in [0.25, 0.3) is 11.3 Å². The van der Waals surface area contributed by atoms with Crippen LogP contribution in [0.1, 0.15) is 17.0 Å². The van der Waals surface area contributed by atoms with Crippen LogP contribution in [0.15, 0.2) is 39.9 Å². The molecule has 118 valence electrons. The lowest BCUT2D eigenvalue weighted by Gasteiger charge is -2.06.